The lowest BCUT2D eigenvalue weighted by atomic mass is 9.96. The molecule has 0 aliphatic rings. The number of hydrogen-bond acceptors (Lipinski definition) is 2. The van der Waals surface area contributed by atoms with Crippen molar-refractivity contribution in [1.82, 2.24) is 0 Å². The van der Waals surface area contributed by atoms with Crippen molar-refractivity contribution in [3.63, 3.8) is 0 Å². The zero-order chi connectivity index (χ0) is 16.5. The van der Waals surface area contributed by atoms with Crippen LogP contribution in [0.15, 0.2) is 17.1 Å². The first kappa shape index (κ1) is 19.1. The standard InChI is InChI=1S/C19H32N2S/c1-7-10-11-15-12-16(8-2)18(17(9-3)13-15)21-19(22-6)20-14(4)5/h12-14H,7-11H2,1-6H3,(H,20,21). The Morgan fingerprint density at radius 3 is 2.14 bits per heavy atom. The highest BCUT2D eigenvalue weighted by Crippen LogP contribution is 2.27. The number of thioether (sulfide) groups is 1. The van der Waals surface area contributed by atoms with E-state index in [2.05, 4.69) is 63.3 Å². The molecule has 0 bridgehead atoms. The number of rotatable bonds is 7. The van der Waals surface area contributed by atoms with Gasteiger partial charge in [-0.2, -0.15) is 0 Å². The second kappa shape index (κ2) is 9.94. The summed E-state index contributed by atoms with van der Waals surface area (Å²) in [5, 5.41) is 4.61. The number of hydrogen-bond donors (Lipinski definition) is 1. The molecule has 0 heterocycles. The molecule has 0 unspecified atom stereocenters. The average Bonchev–Trinajstić information content (AvgIpc) is 2.51. The fourth-order valence-electron chi connectivity index (χ4n) is 2.56. The second-order valence-corrected chi connectivity index (χ2v) is 6.75. The first-order valence-electron chi connectivity index (χ1n) is 8.59. The summed E-state index contributed by atoms with van der Waals surface area (Å²) in [4.78, 5) is 4.68. The molecule has 0 saturated heterocycles. The summed E-state index contributed by atoms with van der Waals surface area (Å²) in [6.45, 7) is 11.0. The van der Waals surface area contributed by atoms with E-state index in [1.165, 1.54) is 41.6 Å². The van der Waals surface area contributed by atoms with Crippen LogP contribution < -0.4 is 5.32 Å². The molecule has 1 aromatic carbocycles. The third-order valence-electron chi connectivity index (χ3n) is 3.74. The van der Waals surface area contributed by atoms with Crippen molar-refractivity contribution in [2.45, 2.75) is 72.8 Å². The van der Waals surface area contributed by atoms with Gasteiger partial charge in [-0.15, -0.1) is 0 Å². The van der Waals surface area contributed by atoms with Crippen molar-refractivity contribution >= 4 is 22.6 Å². The molecule has 3 heteroatoms. The summed E-state index contributed by atoms with van der Waals surface area (Å²) < 4.78 is 0. The molecule has 1 aromatic rings. The maximum atomic E-state index is 4.68. The van der Waals surface area contributed by atoms with Crippen LogP contribution >= 0.6 is 11.8 Å². The van der Waals surface area contributed by atoms with E-state index in [9.17, 15) is 0 Å². The molecule has 0 aromatic heterocycles. The summed E-state index contributed by atoms with van der Waals surface area (Å²) in [6.07, 6.45) is 7.90. The van der Waals surface area contributed by atoms with Gasteiger partial charge in [-0.1, -0.05) is 51.1 Å². The minimum absolute atomic E-state index is 0.314. The third kappa shape index (κ3) is 5.68. The number of aryl methyl sites for hydroxylation is 3. The molecule has 1 rings (SSSR count). The van der Waals surface area contributed by atoms with E-state index in [0.717, 1.165) is 18.0 Å². The van der Waals surface area contributed by atoms with Crippen LogP contribution in [0.5, 0.6) is 0 Å². The first-order valence-corrected chi connectivity index (χ1v) is 9.81. The highest BCUT2D eigenvalue weighted by molar-refractivity contribution is 8.13. The van der Waals surface area contributed by atoms with Crippen LogP contribution in [0.2, 0.25) is 0 Å². The number of aliphatic imine (C=N–C) groups is 1. The van der Waals surface area contributed by atoms with E-state index in [4.69, 9.17) is 0 Å². The van der Waals surface area contributed by atoms with Gasteiger partial charge < -0.3 is 5.32 Å². The normalized spacial score (nSPS) is 12.0. The number of nitrogens with zero attached hydrogens (tertiary/aromatic N) is 1. The van der Waals surface area contributed by atoms with Crippen LogP contribution in [0.3, 0.4) is 0 Å². The summed E-state index contributed by atoms with van der Waals surface area (Å²) in [6, 6.07) is 5.07. The topological polar surface area (TPSA) is 24.4 Å². The minimum atomic E-state index is 0.314. The first-order chi connectivity index (χ1) is 10.5. The molecule has 22 heavy (non-hydrogen) atoms. The van der Waals surface area contributed by atoms with E-state index in [0.29, 0.717) is 6.04 Å². The highest BCUT2D eigenvalue weighted by atomic mass is 32.2. The average molecular weight is 321 g/mol. The number of unbranched alkanes of at least 4 members (excludes halogenated alkanes) is 1. The van der Waals surface area contributed by atoms with Gasteiger partial charge in [-0.25, -0.2) is 0 Å². The van der Waals surface area contributed by atoms with E-state index in [-0.39, 0.29) is 0 Å². The van der Waals surface area contributed by atoms with Gasteiger partial charge in [0.2, 0.25) is 0 Å². The molecule has 0 spiro atoms. The van der Waals surface area contributed by atoms with Crippen LogP contribution in [0.25, 0.3) is 0 Å². The molecule has 1 N–H and O–H groups in total. The second-order valence-electron chi connectivity index (χ2n) is 5.96. The van der Waals surface area contributed by atoms with Gasteiger partial charge in [0.15, 0.2) is 5.17 Å². The fourth-order valence-corrected chi connectivity index (χ4v) is 3.08. The Balaban J connectivity index is 3.16. The Bertz CT molecular complexity index is 467. The lowest BCUT2D eigenvalue weighted by Gasteiger charge is -2.18. The van der Waals surface area contributed by atoms with Crippen LogP contribution in [0.4, 0.5) is 5.69 Å². The molecule has 0 radical (unpaired) electrons. The Hall–Kier alpha value is -0.960. The highest BCUT2D eigenvalue weighted by Gasteiger charge is 2.11. The molecule has 0 saturated carbocycles. The van der Waals surface area contributed by atoms with E-state index in [1.807, 2.05) is 0 Å². The van der Waals surface area contributed by atoms with Crippen molar-refractivity contribution in [2.75, 3.05) is 11.6 Å². The van der Waals surface area contributed by atoms with Gasteiger partial charge in [0.25, 0.3) is 0 Å². The Labute approximate surface area is 141 Å². The third-order valence-corrected chi connectivity index (χ3v) is 4.34. The molecular formula is C19H32N2S. The molecule has 0 fully saturated rings. The maximum Gasteiger partial charge on any atom is 0.161 e. The number of anilines is 1. The van der Waals surface area contributed by atoms with E-state index in [1.54, 1.807) is 11.8 Å². The zero-order valence-corrected chi connectivity index (χ0v) is 15.9. The van der Waals surface area contributed by atoms with Crippen molar-refractivity contribution in [1.29, 1.82) is 0 Å². The molecular weight excluding hydrogens is 288 g/mol. The molecule has 124 valence electrons. The molecule has 0 aliphatic carbocycles. The Morgan fingerprint density at radius 2 is 1.73 bits per heavy atom. The summed E-state index contributed by atoms with van der Waals surface area (Å²) in [5.74, 6) is 0. The van der Waals surface area contributed by atoms with Crippen LogP contribution in [-0.4, -0.2) is 17.5 Å². The summed E-state index contributed by atoms with van der Waals surface area (Å²) >= 11 is 1.69. The molecule has 0 atom stereocenters. The SMILES string of the molecule is CCCCc1cc(CC)c(NC(=NC(C)C)SC)c(CC)c1. The Kier molecular flexibility index (Phi) is 8.62. The monoisotopic (exact) mass is 320 g/mol. The number of benzene rings is 1. The van der Waals surface area contributed by atoms with Crippen molar-refractivity contribution in [3.05, 3.63) is 28.8 Å². The fraction of sp³-hybridized carbons (Fsp3) is 0.632. The lowest BCUT2D eigenvalue weighted by Crippen LogP contribution is -2.14. The quantitative estimate of drug-likeness (QED) is 0.515. The van der Waals surface area contributed by atoms with Gasteiger partial charge in [-0.3, -0.25) is 4.99 Å². The van der Waals surface area contributed by atoms with Gasteiger partial charge >= 0.3 is 0 Å². The smallest absolute Gasteiger partial charge is 0.161 e. The largest absolute Gasteiger partial charge is 0.335 e. The number of nitrogens with one attached hydrogen (secondary N) is 1. The van der Waals surface area contributed by atoms with E-state index < -0.39 is 0 Å². The molecule has 0 aliphatic heterocycles. The zero-order valence-electron chi connectivity index (χ0n) is 15.1. The van der Waals surface area contributed by atoms with Crippen molar-refractivity contribution in [2.24, 2.45) is 4.99 Å². The Morgan fingerprint density at radius 1 is 1.14 bits per heavy atom. The predicted molar refractivity (Wildman–Crippen MR) is 104 cm³/mol. The van der Waals surface area contributed by atoms with Gasteiger partial charge in [0.05, 0.1) is 0 Å². The van der Waals surface area contributed by atoms with Crippen LogP contribution in [0.1, 0.15) is 64.2 Å². The minimum Gasteiger partial charge on any atom is -0.335 e. The molecule has 0 amide bonds. The lowest BCUT2D eigenvalue weighted by molar-refractivity contribution is 0.792. The maximum absolute atomic E-state index is 4.68. The van der Waals surface area contributed by atoms with Gasteiger partial charge in [-0.05, 0) is 62.5 Å². The summed E-state index contributed by atoms with van der Waals surface area (Å²) in [5.41, 5.74) is 5.58. The number of amidine groups is 1. The van der Waals surface area contributed by atoms with Gasteiger partial charge in [0, 0.05) is 11.7 Å². The van der Waals surface area contributed by atoms with Gasteiger partial charge in [0.1, 0.15) is 0 Å². The van der Waals surface area contributed by atoms with Crippen molar-refractivity contribution in [3.8, 4) is 0 Å². The van der Waals surface area contributed by atoms with Crippen LogP contribution in [-0.2, 0) is 19.3 Å². The summed E-state index contributed by atoms with van der Waals surface area (Å²) in [7, 11) is 0. The predicted octanol–water partition coefficient (Wildman–Crippen LogP) is 5.69. The van der Waals surface area contributed by atoms with Crippen molar-refractivity contribution < 1.29 is 0 Å². The molecule has 2 nitrogen and oxygen atoms in total. The van der Waals surface area contributed by atoms with E-state index >= 15 is 0 Å². The van der Waals surface area contributed by atoms with Crippen LogP contribution in [0, 0.1) is 0 Å².